The fourth-order valence-electron chi connectivity index (χ4n) is 7.77. The summed E-state index contributed by atoms with van der Waals surface area (Å²) < 4.78 is 0. The molecule has 5 heterocycles. The normalized spacial score (nSPS) is 9.44. The summed E-state index contributed by atoms with van der Waals surface area (Å²) in [6.07, 6.45) is 25.9. The summed E-state index contributed by atoms with van der Waals surface area (Å²) in [7, 11) is 0. The second kappa shape index (κ2) is 87.1. The van der Waals surface area contributed by atoms with Crippen molar-refractivity contribution in [3.05, 3.63) is 245 Å². The number of carbonyl (C=O) groups excluding carboxylic acids is 2. The van der Waals surface area contributed by atoms with Crippen LogP contribution < -0.4 is 4.90 Å². The number of nitrogens with zero attached hydrogens (tertiary/aromatic N) is 9. The fourth-order valence-corrected chi connectivity index (χ4v) is 7.77. The van der Waals surface area contributed by atoms with E-state index in [9.17, 15) is 9.59 Å². The summed E-state index contributed by atoms with van der Waals surface area (Å²) in [6.45, 7) is 71.9. The standard InChI is InChI=1S/C11H13NO.2C10H9N.2C9H8N2.C8H11NO.C8H10.C7H11N.11C2H6.2W/c1-8-3-4-10-5-6-12(9(2)13)11(10)7-8;1-8-2-3-10-7-11-5-4-9(10)6-8;1-8-4-5-10-9(7-8)3-2-6-11-10;1-7-2-3-9-8(4-7)5-10-6-11-9;1-7-2-3-8-5-10-6-11-9(8)4-7;1-4-5-9-7(2)6-8(3)10;1-7-3-5-8(2)6-4-7;1-4-6-8-7(3)5-2;11*1-2;;/h3-4,7H,5-6H2,1-2H3;2*2-7H,1H3;2*2-6H,1H3;4H2,1-3H3;3-6H,1-2H3;4H2,1-3H3;11*1-2H3;;/q;;;;;-2;;-2;;;;;;;;;;;;2*+2. The summed E-state index contributed by atoms with van der Waals surface area (Å²) in [4.78, 5) is 55.6. The van der Waals surface area contributed by atoms with Crippen LogP contribution in [0.15, 0.2) is 198 Å². The van der Waals surface area contributed by atoms with E-state index in [0.29, 0.717) is 5.70 Å². The van der Waals surface area contributed by atoms with Gasteiger partial charge in [0.25, 0.3) is 0 Å². The molecule has 6 aromatic carbocycles. The second-order valence-corrected chi connectivity index (χ2v) is 19.7. The number of rotatable bonds is 5. The van der Waals surface area contributed by atoms with Gasteiger partial charge in [-0.05, 0) is 138 Å². The Bertz CT molecular complexity index is 3440. The van der Waals surface area contributed by atoms with Crippen LogP contribution >= 0.6 is 0 Å². The molecule has 107 heavy (non-hydrogen) atoms. The number of aliphatic imine (C=N–C) groups is 2. The van der Waals surface area contributed by atoms with Gasteiger partial charge in [0.15, 0.2) is 0 Å². The van der Waals surface area contributed by atoms with E-state index in [1.807, 2.05) is 246 Å². The Labute approximate surface area is 685 Å². The van der Waals surface area contributed by atoms with E-state index in [1.54, 1.807) is 26.5 Å². The van der Waals surface area contributed by atoms with Crippen LogP contribution in [0.5, 0.6) is 0 Å². The number of amides is 1. The van der Waals surface area contributed by atoms with Crippen molar-refractivity contribution in [3.63, 3.8) is 0 Å². The van der Waals surface area contributed by atoms with Crippen LogP contribution in [0.3, 0.4) is 0 Å². The van der Waals surface area contributed by atoms with Crippen molar-refractivity contribution in [1.29, 1.82) is 0 Å². The molecular formula is C94H145N9O2W2. The van der Waals surface area contributed by atoms with Crippen molar-refractivity contribution in [2.75, 3.05) is 11.4 Å². The summed E-state index contributed by atoms with van der Waals surface area (Å²) >= 11 is 0. The number of carbonyl (C=O) groups is 2. The molecule has 1 amide bonds. The van der Waals surface area contributed by atoms with E-state index in [1.165, 1.54) is 67.6 Å². The van der Waals surface area contributed by atoms with E-state index in [-0.39, 0.29) is 53.8 Å². The molecule has 0 saturated heterocycles. The number of aromatic nitrogens is 6. The maximum atomic E-state index is 11.2. The summed E-state index contributed by atoms with van der Waals surface area (Å²) in [5.41, 5.74) is 15.9. The first-order valence-electron chi connectivity index (χ1n) is 38.7. The molecule has 0 radical (unpaired) electrons. The quantitative estimate of drug-likeness (QED) is 0.0943. The van der Waals surface area contributed by atoms with Gasteiger partial charge in [0.2, 0.25) is 5.91 Å². The molecule has 0 unspecified atom stereocenters. The number of fused-ring (bicyclic) bond motifs is 5. The summed E-state index contributed by atoms with van der Waals surface area (Å²) in [5.74, 6) is 0.0449. The third kappa shape index (κ3) is 60.8. The molecule has 11 rings (SSSR count). The van der Waals surface area contributed by atoms with Gasteiger partial charge in [-0.1, -0.05) is 292 Å². The van der Waals surface area contributed by atoms with Crippen molar-refractivity contribution in [3.8, 4) is 0 Å². The molecule has 1 aliphatic heterocycles. The third-order valence-electron chi connectivity index (χ3n) is 12.1. The maximum absolute atomic E-state index is 11.2. The van der Waals surface area contributed by atoms with Crippen LogP contribution in [-0.4, -0.2) is 60.6 Å². The molecular weight excluding hydrogens is 1650 g/mol. The first-order valence-corrected chi connectivity index (χ1v) is 38.7. The molecule has 0 spiro atoms. The Balaban J connectivity index is -0.000000121. The van der Waals surface area contributed by atoms with Crippen molar-refractivity contribution in [1.82, 2.24) is 29.9 Å². The fraction of sp³-hybridized carbons (Fsp3) is 0.426. The number of benzene rings is 6. The molecule has 13 heteroatoms. The third-order valence-corrected chi connectivity index (χ3v) is 12.1. The zero-order chi connectivity index (χ0) is 82.5. The van der Waals surface area contributed by atoms with E-state index < -0.39 is 0 Å². The minimum atomic E-state index is -0.0980. The predicted molar refractivity (Wildman–Crippen MR) is 472 cm³/mol. The molecule has 0 atom stereocenters. The van der Waals surface area contributed by atoms with Gasteiger partial charge >= 0.3 is 42.1 Å². The second-order valence-electron chi connectivity index (χ2n) is 19.7. The number of aryl methyl sites for hydroxylation is 7. The van der Waals surface area contributed by atoms with E-state index in [0.717, 1.165) is 64.5 Å². The largest absolute Gasteiger partial charge is 2.00 e. The average molecular weight is 1800 g/mol. The van der Waals surface area contributed by atoms with Crippen LogP contribution in [0.2, 0.25) is 0 Å². The Morgan fingerprint density at radius 3 is 1.24 bits per heavy atom. The minimum absolute atomic E-state index is 0. The van der Waals surface area contributed by atoms with Crippen molar-refractivity contribution >= 4 is 73.3 Å². The summed E-state index contributed by atoms with van der Waals surface area (Å²) in [5, 5.41) is 5.89. The molecule has 590 valence electrons. The smallest absolute Gasteiger partial charge is 0.584 e. The van der Waals surface area contributed by atoms with E-state index in [4.69, 9.17) is 0 Å². The number of hydrogen-bond acceptors (Lipinski definition) is 10. The number of hydrogen-bond donors (Lipinski definition) is 0. The van der Waals surface area contributed by atoms with Gasteiger partial charge in [-0.2, -0.15) is 12.4 Å². The van der Waals surface area contributed by atoms with E-state index in [2.05, 4.69) is 216 Å². The van der Waals surface area contributed by atoms with Gasteiger partial charge in [0.1, 0.15) is 12.7 Å². The number of pyridine rings is 2. The van der Waals surface area contributed by atoms with Gasteiger partial charge in [-0.3, -0.25) is 20.5 Å². The first-order chi connectivity index (χ1) is 50.9. The van der Waals surface area contributed by atoms with Crippen LogP contribution in [0.25, 0.3) is 43.5 Å². The molecule has 1 aliphatic rings. The van der Waals surface area contributed by atoms with Gasteiger partial charge in [-0.15, -0.1) is 13.8 Å². The molecule has 10 aromatic rings. The Hall–Kier alpha value is -7.84. The van der Waals surface area contributed by atoms with Crippen LogP contribution in [0.4, 0.5) is 5.69 Å². The van der Waals surface area contributed by atoms with Crippen LogP contribution in [0.1, 0.15) is 258 Å². The Morgan fingerprint density at radius 1 is 0.393 bits per heavy atom. The van der Waals surface area contributed by atoms with Gasteiger partial charge in [-0.25, -0.2) is 26.9 Å². The van der Waals surface area contributed by atoms with Crippen LogP contribution in [-0.2, 0) is 58.1 Å². The van der Waals surface area contributed by atoms with Crippen molar-refractivity contribution in [2.24, 2.45) is 9.98 Å². The van der Waals surface area contributed by atoms with Crippen LogP contribution in [0, 0.1) is 60.6 Å². The summed E-state index contributed by atoms with van der Waals surface area (Å²) in [6, 6.07) is 45.8. The molecule has 11 nitrogen and oxygen atoms in total. The zero-order valence-corrected chi connectivity index (χ0v) is 79.6. The molecule has 4 aromatic heterocycles. The number of anilines is 1. The Morgan fingerprint density at radius 2 is 0.776 bits per heavy atom. The molecule has 0 saturated carbocycles. The molecule has 0 aliphatic carbocycles. The minimum Gasteiger partial charge on any atom is -0.584 e. The maximum Gasteiger partial charge on any atom is 2.00 e. The number of ketones is 1. The monoisotopic (exact) mass is 1800 g/mol. The zero-order valence-electron chi connectivity index (χ0n) is 73.7. The molecule has 0 fully saturated rings. The topological polar surface area (TPSA) is 139 Å². The Kier molecular flexibility index (Phi) is 97.8. The number of Topliss-reactive ketones (excluding diaryl/α,β-unsaturated/α-hetero) is 1. The average Bonchev–Trinajstić information content (AvgIpc) is 1.70. The van der Waals surface area contributed by atoms with Gasteiger partial charge < -0.3 is 37.5 Å². The van der Waals surface area contributed by atoms with Gasteiger partial charge in [0.05, 0.1) is 16.6 Å². The molecule has 0 bridgehead atoms. The van der Waals surface area contributed by atoms with E-state index >= 15 is 0 Å². The SMILES string of the molecule is CC.CC.CC.CC.CC.CC.CC.CC.CC.CC.CC.CC(=O)N1CCc2ccc(C)cc21.CC[C-]=NC(C)=[C-]C(C)=O.C[C-]=C(C)N=[C-]CC.Cc1ccc(C)cc1.Cc1ccc2cnccc2c1.Cc1ccc2cncnc2c1.Cc1ccc2ncccc2c1.Cc1ccc2ncncc2c1.[W+2].[W+2]. The van der Waals surface area contributed by atoms with Crippen molar-refractivity contribution in [2.45, 2.75) is 269 Å². The first kappa shape index (κ1) is 120. The predicted octanol–water partition coefficient (Wildman–Crippen LogP) is 28.2. The van der Waals surface area contributed by atoms with Crippen molar-refractivity contribution < 1.29 is 51.7 Å². The molecule has 0 N–H and O–H groups in total. The van der Waals surface area contributed by atoms with Gasteiger partial charge in [0, 0.05) is 71.7 Å². The number of allylic oxidation sites excluding steroid dienone is 4.